The predicted molar refractivity (Wildman–Crippen MR) is 69.8 cm³/mol. The van der Waals surface area contributed by atoms with Gasteiger partial charge in [0.1, 0.15) is 0 Å². The second kappa shape index (κ2) is 4.64. The first kappa shape index (κ1) is 12.4. The van der Waals surface area contributed by atoms with E-state index in [2.05, 4.69) is 4.98 Å². The van der Waals surface area contributed by atoms with Crippen molar-refractivity contribution in [2.24, 2.45) is 5.92 Å². The first-order valence-electron chi connectivity index (χ1n) is 5.83. The largest absolute Gasteiger partial charge is 0.481 e. The molecule has 4 nitrogen and oxygen atoms in total. The number of para-hydroxylation sites is 1. The number of aryl methyl sites for hydroxylation is 1. The van der Waals surface area contributed by atoms with E-state index in [4.69, 9.17) is 5.11 Å². The molecule has 2 N–H and O–H groups in total. The van der Waals surface area contributed by atoms with Gasteiger partial charge in [0, 0.05) is 5.56 Å². The van der Waals surface area contributed by atoms with Crippen LogP contribution >= 0.6 is 0 Å². The van der Waals surface area contributed by atoms with Gasteiger partial charge in [-0.2, -0.15) is 0 Å². The van der Waals surface area contributed by atoms with E-state index in [0.717, 1.165) is 16.5 Å². The van der Waals surface area contributed by atoms with Crippen LogP contribution in [0.25, 0.3) is 10.9 Å². The molecule has 1 unspecified atom stereocenters. The van der Waals surface area contributed by atoms with E-state index in [1.54, 1.807) is 13.0 Å². The lowest BCUT2D eigenvalue weighted by molar-refractivity contribution is -0.141. The number of pyridine rings is 1. The fourth-order valence-corrected chi connectivity index (χ4v) is 2.00. The predicted octanol–water partition coefficient (Wildman–Crippen LogP) is 2.10. The van der Waals surface area contributed by atoms with Crippen LogP contribution < -0.4 is 5.56 Å². The summed E-state index contributed by atoms with van der Waals surface area (Å²) in [4.78, 5) is 25.5. The number of carboxylic acids is 1. The lowest BCUT2D eigenvalue weighted by atomic mass is 10.0. The molecule has 0 fully saturated rings. The first-order valence-corrected chi connectivity index (χ1v) is 5.83. The summed E-state index contributed by atoms with van der Waals surface area (Å²) in [7, 11) is 0. The molecule has 0 aliphatic heterocycles. The van der Waals surface area contributed by atoms with Crippen molar-refractivity contribution in [1.82, 2.24) is 4.98 Å². The Morgan fingerprint density at radius 2 is 2.17 bits per heavy atom. The molecule has 2 aromatic rings. The molecule has 2 rings (SSSR count). The van der Waals surface area contributed by atoms with E-state index < -0.39 is 11.9 Å². The molecule has 4 heteroatoms. The van der Waals surface area contributed by atoms with Gasteiger partial charge < -0.3 is 10.1 Å². The van der Waals surface area contributed by atoms with Crippen LogP contribution in [0.3, 0.4) is 0 Å². The number of benzene rings is 1. The molecule has 1 atom stereocenters. The topological polar surface area (TPSA) is 70.2 Å². The molecule has 0 amide bonds. The van der Waals surface area contributed by atoms with Gasteiger partial charge in [-0.05, 0) is 30.4 Å². The number of carbonyl (C=O) groups is 1. The molecule has 0 aliphatic rings. The van der Waals surface area contributed by atoms with Crippen molar-refractivity contribution in [2.45, 2.75) is 20.3 Å². The van der Waals surface area contributed by atoms with Crippen LogP contribution in [0, 0.1) is 12.8 Å². The fourth-order valence-electron chi connectivity index (χ4n) is 2.00. The van der Waals surface area contributed by atoms with Gasteiger partial charge in [-0.15, -0.1) is 0 Å². The highest BCUT2D eigenvalue weighted by Gasteiger charge is 2.14. The second-order valence-electron chi connectivity index (χ2n) is 4.61. The Morgan fingerprint density at radius 3 is 2.83 bits per heavy atom. The SMILES string of the molecule is Cc1cccc2cc(CC(C)C(=O)O)c(=O)[nH]c12. The van der Waals surface area contributed by atoms with E-state index >= 15 is 0 Å². The van der Waals surface area contributed by atoms with Crippen LogP contribution in [0.5, 0.6) is 0 Å². The Labute approximate surface area is 104 Å². The molecule has 1 aromatic heterocycles. The molecule has 0 saturated heterocycles. The maximum atomic E-state index is 11.9. The van der Waals surface area contributed by atoms with Gasteiger partial charge in [-0.1, -0.05) is 25.1 Å². The van der Waals surface area contributed by atoms with Crippen LogP contribution in [-0.2, 0) is 11.2 Å². The van der Waals surface area contributed by atoms with Crippen molar-refractivity contribution in [3.05, 3.63) is 45.7 Å². The zero-order valence-electron chi connectivity index (χ0n) is 10.4. The second-order valence-corrected chi connectivity index (χ2v) is 4.61. The van der Waals surface area contributed by atoms with Crippen LogP contribution in [0.1, 0.15) is 18.1 Å². The molecular weight excluding hydrogens is 230 g/mol. The summed E-state index contributed by atoms with van der Waals surface area (Å²) in [6.45, 7) is 3.53. The summed E-state index contributed by atoms with van der Waals surface area (Å²) in [6.07, 6.45) is 0.245. The van der Waals surface area contributed by atoms with Gasteiger partial charge in [0.2, 0.25) is 0 Å². The normalized spacial score (nSPS) is 12.6. The maximum absolute atomic E-state index is 11.9. The number of aromatic nitrogens is 1. The van der Waals surface area contributed by atoms with Crippen molar-refractivity contribution < 1.29 is 9.90 Å². The minimum Gasteiger partial charge on any atom is -0.481 e. The van der Waals surface area contributed by atoms with E-state index in [0.29, 0.717) is 5.56 Å². The van der Waals surface area contributed by atoms with Crippen molar-refractivity contribution in [1.29, 1.82) is 0 Å². The number of H-pyrrole nitrogens is 1. The summed E-state index contributed by atoms with van der Waals surface area (Å²) in [5.74, 6) is -1.45. The van der Waals surface area contributed by atoms with Gasteiger partial charge in [0.05, 0.1) is 11.4 Å². The van der Waals surface area contributed by atoms with E-state index in [9.17, 15) is 9.59 Å². The Hall–Kier alpha value is -2.10. The molecule has 1 heterocycles. The van der Waals surface area contributed by atoms with Crippen molar-refractivity contribution in [3.8, 4) is 0 Å². The third-order valence-corrected chi connectivity index (χ3v) is 3.11. The van der Waals surface area contributed by atoms with E-state index in [1.165, 1.54) is 0 Å². The number of hydrogen-bond acceptors (Lipinski definition) is 2. The number of fused-ring (bicyclic) bond motifs is 1. The minimum atomic E-state index is -0.890. The van der Waals surface area contributed by atoms with Crippen LogP contribution in [0.4, 0.5) is 0 Å². The average molecular weight is 245 g/mol. The smallest absolute Gasteiger partial charge is 0.306 e. The number of rotatable bonds is 3. The molecule has 1 aromatic carbocycles. The third kappa shape index (κ3) is 2.27. The fraction of sp³-hybridized carbons (Fsp3) is 0.286. The number of hydrogen-bond donors (Lipinski definition) is 2. The molecule has 18 heavy (non-hydrogen) atoms. The zero-order valence-corrected chi connectivity index (χ0v) is 10.4. The summed E-state index contributed by atoms with van der Waals surface area (Å²) >= 11 is 0. The summed E-state index contributed by atoms with van der Waals surface area (Å²) in [6, 6.07) is 7.53. The molecule has 0 aliphatic carbocycles. The van der Waals surface area contributed by atoms with Gasteiger partial charge in [0.25, 0.3) is 5.56 Å². The van der Waals surface area contributed by atoms with Crippen molar-refractivity contribution >= 4 is 16.9 Å². The molecule has 0 saturated carbocycles. The number of aliphatic carboxylic acids is 1. The monoisotopic (exact) mass is 245 g/mol. The van der Waals surface area contributed by atoms with E-state index in [-0.39, 0.29) is 12.0 Å². The molecular formula is C14H15NO3. The highest BCUT2D eigenvalue weighted by atomic mass is 16.4. The van der Waals surface area contributed by atoms with Gasteiger partial charge in [-0.3, -0.25) is 9.59 Å². The lowest BCUT2D eigenvalue weighted by Crippen LogP contribution is -2.19. The summed E-state index contributed by atoms with van der Waals surface area (Å²) in [5, 5.41) is 9.81. The standard InChI is InChI=1S/C14H15NO3/c1-8-4-3-5-10-7-11(6-9(2)14(17)18)13(16)15-12(8)10/h3-5,7,9H,6H2,1-2H3,(H,15,16)(H,17,18). The van der Waals surface area contributed by atoms with Gasteiger partial charge in [-0.25, -0.2) is 0 Å². The van der Waals surface area contributed by atoms with Crippen LogP contribution in [0.15, 0.2) is 29.1 Å². The third-order valence-electron chi connectivity index (χ3n) is 3.11. The Bertz CT molecular complexity index is 658. The lowest BCUT2D eigenvalue weighted by Gasteiger charge is -2.07. The summed E-state index contributed by atoms with van der Waals surface area (Å²) in [5.41, 5.74) is 2.13. The summed E-state index contributed by atoms with van der Waals surface area (Å²) < 4.78 is 0. The Morgan fingerprint density at radius 1 is 1.44 bits per heavy atom. The molecule has 0 spiro atoms. The average Bonchev–Trinajstić information content (AvgIpc) is 2.31. The number of nitrogens with one attached hydrogen (secondary N) is 1. The van der Waals surface area contributed by atoms with E-state index in [1.807, 2.05) is 25.1 Å². The van der Waals surface area contributed by atoms with Crippen LogP contribution in [0.2, 0.25) is 0 Å². The number of aromatic amines is 1. The molecule has 0 bridgehead atoms. The highest BCUT2D eigenvalue weighted by molar-refractivity contribution is 5.82. The van der Waals surface area contributed by atoms with Gasteiger partial charge in [0.15, 0.2) is 0 Å². The van der Waals surface area contributed by atoms with Crippen molar-refractivity contribution in [2.75, 3.05) is 0 Å². The minimum absolute atomic E-state index is 0.204. The van der Waals surface area contributed by atoms with Crippen molar-refractivity contribution in [3.63, 3.8) is 0 Å². The number of carboxylic acid groups (broad SMARTS) is 1. The van der Waals surface area contributed by atoms with Crippen LogP contribution in [-0.4, -0.2) is 16.1 Å². The highest BCUT2D eigenvalue weighted by Crippen LogP contribution is 2.16. The van der Waals surface area contributed by atoms with Gasteiger partial charge >= 0.3 is 5.97 Å². The quantitative estimate of drug-likeness (QED) is 0.870. The zero-order chi connectivity index (χ0) is 13.3. The molecule has 0 radical (unpaired) electrons. The Kier molecular flexibility index (Phi) is 3.19. The maximum Gasteiger partial charge on any atom is 0.306 e. The molecule has 94 valence electrons. The Balaban J connectivity index is 2.50. The first-order chi connectivity index (χ1) is 8.49.